The number of aromatic nitrogens is 6. The number of rotatable bonds is 4. The average molecular weight is 308 g/mol. The number of aryl methyl sites for hydroxylation is 4. The van der Waals surface area contributed by atoms with Gasteiger partial charge in [0.25, 0.3) is 0 Å². The molecule has 6 nitrogen and oxygen atoms in total. The first kappa shape index (κ1) is 14.1. The number of fused-ring (bicyclic) bond motifs is 1. The molecule has 0 N–H and O–H groups in total. The molecule has 0 amide bonds. The summed E-state index contributed by atoms with van der Waals surface area (Å²) in [6.45, 7) is 0.765. The maximum Gasteiger partial charge on any atom is 0.113 e. The van der Waals surface area contributed by atoms with E-state index < -0.39 is 0 Å². The van der Waals surface area contributed by atoms with Gasteiger partial charge in [-0.2, -0.15) is 0 Å². The fourth-order valence-electron chi connectivity index (χ4n) is 3.29. The molecule has 3 aromatic rings. The SMILES string of the molecule is Cn1cc(CCn2cc(-c3cccc4c3CCCC4)nn2)nn1. The van der Waals surface area contributed by atoms with Gasteiger partial charge in [0.15, 0.2) is 0 Å². The van der Waals surface area contributed by atoms with Crippen LogP contribution in [0.25, 0.3) is 11.3 Å². The molecule has 0 unspecified atom stereocenters. The molecule has 0 spiro atoms. The van der Waals surface area contributed by atoms with E-state index in [9.17, 15) is 0 Å². The molecule has 1 aliphatic rings. The lowest BCUT2D eigenvalue weighted by atomic mass is 9.87. The highest BCUT2D eigenvalue weighted by Gasteiger charge is 2.15. The van der Waals surface area contributed by atoms with Crippen molar-refractivity contribution < 1.29 is 0 Å². The van der Waals surface area contributed by atoms with Crippen LogP contribution in [0.5, 0.6) is 0 Å². The largest absolute Gasteiger partial charge is 0.255 e. The molecule has 6 heteroatoms. The number of nitrogens with zero attached hydrogens (tertiary/aromatic N) is 6. The molecule has 0 bridgehead atoms. The van der Waals surface area contributed by atoms with Crippen LogP contribution in [0.3, 0.4) is 0 Å². The topological polar surface area (TPSA) is 61.4 Å². The monoisotopic (exact) mass is 308 g/mol. The van der Waals surface area contributed by atoms with Crippen molar-refractivity contribution in [3.8, 4) is 11.3 Å². The van der Waals surface area contributed by atoms with Crippen LogP contribution in [0.2, 0.25) is 0 Å². The van der Waals surface area contributed by atoms with Crippen LogP contribution >= 0.6 is 0 Å². The summed E-state index contributed by atoms with van der Waals surface area (Å²) < 4.78 is 3.62. The minimum absolute atomic E-state index is 0.765. The number of hydrogen-bond acceptors (Lipinski definition) is 4. The quantitative estimate of drug-likeness (QED) is 0.741. The molecule has 4 rings (SSSR count). The first-order valence-electron chi connectivity index (χ1n) is 8.16. The molecule has 1 aromatic carbocycles. The summed E-state index contributed by atoms with van der Waals surface area (Å²) in [5.74, 6) is 0. The summed E-state index contributed by atoms with van der Waals surface area (Å²) in [4.78, 5) is 0. The first-order chi connectivity index (χ1) is 11.3. The van der Waals surface area contributed by atoms with Crippen molar-refractivity contribution in [2.75, 3.05) is 0 Å². The summed E-state index contributed by atoms with van der Waals surface area (Å²) in [6.07, 6.45) is 9.68. The summed E-state index contributed by atoms with van der Waals surface area (Å²) in [7, 11) is 1.88. The Morgan fingerprint density at radius 3 is 2.83 bits per heavy atom. The lowest BCUT2D eigenvalue weighted by molar-refractivity contribution is 0.583. The van der Waals surface area contributed by atoms with Crippen molar-refractivity contribution in [1.82, 2.24) is 30.0 Å². The Balaban J connectivity index is 1.54. The van der Waals surface area contributed by atoms with E-state index >= 15 is 0 Å². The van der Waals surface area contributed by atoms with Crippen molar-refractivity contribution in [2.45, 2.75) is 38.6 Å². The highest BCUT2D eigenvalue weighted by atomic mass is 15.4. The molecule has 0 saturated heterocycles. The Hall–Kier alpha value is -2.50. The molecule has 2 heterocycles. The number of hydrogen-bond donors (Lipinski definition) is 0. The van der Waals surface area contributed by atoms with E-state index in [1.807, 2.05) is 24.1 Å². The summed E-state index contributed by atoms with van der Waals surface area (Å²) in [6, 6.07) is 6.55. The van der Waals surface area contributed by atoms with Gasteiger partial charge in [0, 0.05) is 31.8 Å². The van der Waals surface area contributed by atoms with E-state index in [2.05, 4.69) is 38.8 Å². The fraction of sp³-hybridized carbons (Fsp3) is 0.412. The van der Waals surface area contributed by atoms with Gasteiger partial charge in [-0.25, -0.2) is 0 Å². The molecular formula is C17H20N6. The predicted molar refractivity (Wildman–Crippen MR) is 86.8 cm³/mol. The second kappa shape index (κ2) is 5.95. The van der Waals surface area contributed by atoms with E-state index in [4.69, 9.17) is 0 Å². The highest BCUT2D eigenvalue weighted by molar-refractivity contribution is 5.65. The van der Waals surface area contributed by atoms with Crippen molar-refractivity contribution in [3.05, 3.63) is 47.4 Å². The lowest BCUT2D eigenvalue weighted by Crippen LogP contribution is -2.04. The Morgan fingerprint density at radius 2 is 1.96 bits per heavy atom. The van der Waals surface area contributed by atoms with E-state index in [1.54, 1.807) is 4.68 Å². The minimum atomic E-state index is 0.765. The normalized spacial score (nSPS) is 14.0. The van der Waals surface area contributed by atoms with Crippen molar-refractivity contribution in [3.63, 3.8) is 0 Å². The maximum atomic E-state index is 4.38. The van der Waals surface area contributed by atoms with Crippen LogP contribution in [-0.4, -0.2) is 30.0 Å². The maximum absolute atomic E-state index is 4.38. The van der Waals surface area contributed by atoms with E-state index in [1.165, 1.54) is 36.0 Å². The molecule has 1 aliphatic carbocycles. The Kier molecular flexibility index (Phi) is 3.65. The summed E-state index contributed by atoms with van der Waals surface area (Å²) in [5.41, 5.74) is 6.13. The molecular weight excluding hydrogens is 288 g/mol. The van der Waals surface area contributed by atoms with Gasteiger partial charge in [-0.15, -0.1) is 10.2 Å². The van der Waals surface area contributed by atoms with Gasteiger partial charge in [0.2, 0.25) is 0 Å². The average Bonchev–Trinajstić information content (AvgIpc) is 3.21. The Labute approximate surface area is 135 Å². The third kappa shape index (κ3) is 2.88. The molecule has 0 radical (unpaired) electrons. The van der Waals surface area contributed by atoms with Crippen molar-refractivity contribution in [1.29, 1.82) is 0 Å². The standard InChI is InChI=1S/C17H20N6/c1-22-11-14(18-20-22)9-10-23-12-17(19-21-23)16-8-4-6-13-5-2-3-7-15(13)16/h4,6,8,11-12H,2-3,5,7,9-10H2,1H3. The van der Waals surface area contributed by atoms with Gasteiger partial charge in [0.05, 0.1) is 11.9 Å². The molecule has 0 aliphatic heterocycles. The Bertz CT molecular complexity index is 816. The van der Waals surface area contributed by atoms with Crippen molar-refractivity contribution >= 4 is 0 Å². The van der Waals surface area contributed by atoms with Gasteiger partial charge in [-0.05, 0) is 36.8 Å². The van der Waals surface area contributed by atoms with Gasteiger partial charge in [-0.1, -0.05) is 28.6 Å². The summed E-state index contributed by atoms with van der Waals surface area (Å²) >= 11 is 0. The van der Waals surface area contributed by atoms with Gasteiger partial charge in [0.1, 0.15) is 5.69 Å². The van der Waals surface area contributed by atoms with Crippen LogP contribution in [-0.2, 0) is 32.9 Å². The molecule has 0 atom stereocenters. The first-order valence-corrected chi connectivity index (χ1v) is 8.16. The minimum Gasteiger partial charge on any atom is -0.255 e. The molecule has 23 heavy (non-hydrogen) atoms. The van der Waals surface area contributed by atoms with Crippen LogP contribution in [0.4, 0.5) is 0 Å². The third-order valence-electron chi connectivity index (χ3n) is 4.46. The predicted octanol–water partition coefficient (Wildman–Crippen LogP) is 2.20. The van der Waals surface area contributed by atoms with Gasteiger partial charge in [-0.3, -0.25) is 9.36 Å². The van der Waals surface area contributed by atoms with Crippen molar-refractivity contribution in [2.24, 2.45) is 7.05 Å². The van der Waals surface area contributed by atoms with E-state index in [-0.39, 0.29) is 0 Å². The Morgan fingerprint density at radius 1 is 1.04 bits per heavy atom. The molecule has 0 saturated carbocycles. The number of benzene rings is 1. The van der Waals surface area contributed by atoms with Crippen LogP contribution in [0.1, 0.15) is 29.7 Å². The second-order valence-corrected chi connectivity index (χ2v) is 6.15. The molecule has 0 fully saturated rings. The van der Waals surface area contributed by atoms with Crippen LogP contribution in [0, 0.1) is 0 Å². The zero-order chi connectivity index (χ0) is 15.6. The van der Waals surface area contributed by atoms with E-state index in [0.29, 0.717) is 0 Å². The zero-order valence-corrected chi connectivity index (χ0v) is 13.3. The van der Waals surface area contributed by atoms with E-state index in [0.717, 1.165) is 30.8 Å². The fourth-order valence-corrected chi connectivity index (χ4v) is 3.29. The summed E-state index contributed by atoms with van der Waals surface area (Å²) in [5, 5.41) is 16.7. The lowest BCUT2D eigenvalue weighted by Gasteiger charge is -2.18. The smallest absolute Gasteiger partial charge is 0.113 e. The molecule has 118 valence electrons. The highest BCUT2D eigenvalue weighted by Crippen LogP contribution is 2.30. The molecule has 2 aromatic heterocycles. The van der Waals surface area contributed by atoms with Gasteiger partial charge >= 0.3 is 0 Å². The van der Waals surface area contributed by atoms with Gasteiger partial charge < -0.3 is 0 Å². The second-order valence-electron chi connectivity index (χ2n) is 6.15. The van der Waals surface area contributed by atoms with Crippen LogP contribution in [0.15, 0.2) is 30.6 Å². The van der Waals surface area contributed by atoms with Crippen LogP contribution < -0.4 is 0 Å². The zero-order valence-electron chi connectivity index (χ0n) is 13.3. The third-order valence-corrected chi connectivity index (χ3v) is 4.46.